The van der Waals surface area contributed by atoms with Crippen molar-refractivity contribution >= 4 is 22.5 Å². The average molecular weight is 546 g/mol. The molecule has 1 fully saturated rings. The lowest BCUT2D eigenvalue weighted by molar-refractivity contribution is -0.138. The number of H-pyrrole nitrogens is 1. The molecule has 2 atom stereocenters. The highest BCUT2D eigenvalue weighted by molar-refractivity contribution is 6.08. The molecule has 1 amide bonds. The Balaban J connectivity index is 1.88. The summed E-state index contributed by atoms with van der Waals surface area (Å²) in [5.41, 5.74) is -1.77. The number of anilines is 1. The Bertz CT molecular complexity index is 1510. The van der Waals surface area contributed by atoms with E-state index >= 15 is 0 Å². The zero-order valence-electron chi connectivity index (χ0n) is 21.5. The fourth-order valence-corrected chi connectivity index (χ4v) is 4.75. The van der Waals surface area contributed by atoms with Crippen LogP contribution in [0.3, 0.4) is 0 Å². The van der Waals surface area contributed by atoms with Gasteiger partial charge in [-0.3, -0.25) is 9.59 Å². The molecule has 1 aliphatic heterocycles. The van der Waals surface area contributed by atoms with Gasteiger partial charge < -0.3 is 25.3 Å². The minimum Gasteiger partial charge on any atom is -0.496 e. The topological polar surface area (TPSA) is 110 Å². The van der Waals surface area contributed by atoms with Gasteiger partial charge in [-0.05, 0) is 56.2 Å². The number of halogens is 4. The van der Waals surface area contributed by atoms with Crippen LogP contribution in [0.15, 0.2) is 35.1 Å². The van der Waals surface area contributed by atoms with Crippen molar-refractivity contribution in [3.63, 3.8) is 0 Å². The molecule has 4 rings (SSSR count). The molecule has 0 saturated carbocycles. The van der Waals surface area contributed by atoms with E-state index in [-0.39, 0.29) is 33.8 Å². The number of nitrogens with one attached hydrogen (secondary N) is 3. The second-order valence-electron chi connectivity index (χ2n) is 9.48. The summed E-state index contributed by atoms with van der Waals surface area (Å²) in [6, 6.07) is 6.83. The van der Waals surface area contributed by atoms with E-state index in [9.17, 15) is 27.2 Å². The van der Waals surface area contributed by atoms with Gasteiger partial charge in [-0.15, -0.1) is 0 Å². The molecular weight excluding hydrogens is 518 g/mol. The van der Waals surface area contributed by atoms with E-state index in [2.05, 4.69) is 15.6 Å². The summed E-state index contributed by atoms with van der Waals surface area (Å²) in [7, 11) is 1.11. The van der Waals surface area contributed by atoms with Gasteiger partial charge >= 0.3 is 6.18 Å². The number of methoxy groups -OCH3 is 1. The van der Waals surface area contributed by atoms with Crippen LogP contribution >= 0.6 is 0 Å². The third-order valence-electron chi connectivity index (χ3n) is 6.76. The summed E-state index contributed by atoms with van der Waals surface area (Å²) >= 11 is 0. The van der Waals surface area contributed by atoms with Crippen LogP contribution in [-0.2, 0) is 6.18 Å². The lowest BCUT2D eigenvalue weighted by Gasteiger charge is -2.27. The molecule has 1 aromatic heterocycles. The van der Waals surface area contributed by atoms with E-state index in [0.29, 0.717) is 31.6 Å². The van der Waals surface area contributed by atoms with Crippen molar-refractivity contribution in [2.75, 3.05) is 31.6 Å². The first kappa shape index (κ1) is 27.9. The van der Waals surface area contributed by atoms with Crippen molar-refractivity contribution < 1.29 is 27.1 Å². The smallest absolute Gasteiger partial charge is 0.420 e. The predicted molar refractivity (Wildman–Crippen MR) is 137 cm³/mol. The number of nitrogens with zero attached hydrogens (tertiary/aromatic N) is 2. The second-order valence-corrected chi connectivity index (χ2v) is 9.48. The van der Waals surface area contributed by atoms with E-state index in [1.807, 2.05) is 13.0 Å². The van der Waals surface area contributed by atoms with Gasteiger partial charge in [0, 0.05) is 31.1 Å². The van der Waals surface area contributed by atoms with Crippen LogP contribution in [0.1, 0.15) is 53.4 Å². The van der Waals surface area contributed by atoms with E-state index in [1.165, 1.54) is 18.2 Å². The molecule has 39 heavy (non-hydrogen) atoms. The third-order valence-corrected chi connectivity index (χ3v) is 6.76. The number of hydrogen-bond acceptors (Lipinski definition) is 6. The third kappa shape index (κ3) is 5.83. The molecule has 1 saturated heterocycles. The summed E-state index contributed by atoms with van der Waals surface area (Å²) in [5.74, 6) is -1.91. The van der Waals surface area contributed by atoms with Crippen LogP contribution in [0.25, 0.3) is 10.9 Å². The van der Waals surface area contributed by atoms with Crippen molar-refractivity contribution in [2.45, 2.75) is 38.5 Å². The predicted octanol–water partition coefficient (Wildman–Crippen LogP) is 4.25. The number of carbonyl (C=O) groups excluding carboxylic acids is 1. The zero-order valence-corrected chi connectivity index (χ0v) is 21.5. The number of nitriles is 1. The number of pyridine rings is 1. The lowest BCUT2D eigenvalue weighted by Crippen LogP contribution is -2.37. The van der Waals surface area contributed by atoms with Crippen LogP contribution in [0.2, 0.25) is 0 Å². The number of hydrogen-bond donors (Lipinski definition) is 3. The van der Waals surface area contributed by atoms with Gasteiger partial charge in [0.25, 0.3) is 11.5 Å². The van der Waals surface area contributed by atoms with E-state index in [4.69, 9.17) is 10.00 Å². The average Bonchev–Trinajstić information content (AvgIpc) is 3.10. The molecule has 0 bridgehead atoms. The molecule has 0 spiro atoms. The van der Waals surface area contributed by atoms with E-state index < -0.39 is 40.8 Å². The fraction of sp³-hybridized carbons (Fsp3) is 0.370. The number of amides is 1. The molecule has 1 aliphatic rings. The summed E-state index contributed by atoms with van der Waals surface area (Å²) in [5, 5.41) is 15.4. The van der Waals surface area contributed by atoms with Gasteiger partial charge in [0.1, 0.15) is 17.1 Å². The maximum absolute atomic E-state index is 14.0. The first-order valence-corrected chi connectivity index (χ1v) is 12.3. The van der Waals surface area contributed by atoms with Crippen LogP contribution < -0.4 is 25.8 Å². The number of fused-ring (bicyclic) bond motifs is 1. The lowest BCUT2D eigenvalue weighted by atomic mass is 10.0. The Morgan fingerprint density at radius 3 is 2.64 bits per heavy atom. The Hall–Kier alpha value is -4.11. The molecule has 0 aliphatic carbocycles. The molecule has 12 heteroatoms. The highest BCUT2D eigenvalue weighted by Crippen LogP contribution is 2.41. The quantitative estimate of drug-likeness (QED) is 0.414. The van der Waals surface area contributed by atoms with Crippen LogP contribution in [0.5, 0.6) is 5.75 Å². The molecule has 206 valence electrons. The highest BCUT2D eigenvalue weighted by Gasteiger charge is 2.36. The molecule has 0 radical (unpaired) electrons. The van der Waals surface area contributed by atoms with Gasteiger partial charge in [0.2, 0.25) is 0 Å². The second kappa shape index (κ2) is 10.9. The van der Waals surface area contributed by atoms with E-state index in [0.717, 1.165) is 19.2 Å². The molecular formula is C27H27F4N5O3. The summed E-state index contributed by atoms with van der Waals surface area (Å²) in [6.45, 7) is 4.89. The number of ether oxygens (including phenoxy) is 1. The molecule has 3 N–H and O–H groups in total. The van der Waals surface area contributed by atoms with Gasteiger partial charge in [0.05, 0.1) is 41.6 Å². The number of benzene rings is 2. The Labute approximate surface area is 221 Å². The zero-order chi connectivity index (χ0) is 28.5. The Kier molecular flexibility index (Phi) is 7.83. The minimum atomic E-state index is -4.74. The monoisotopic (exact) mass is 545 g/mol. The van der Waals surface area contributed by atoms with Crippen molar-refractivity contribution in [1.29, 1.82) is 5.26 Å². The van der Waals surface area contributed by atoms with Gasteiger partial charge in [0.15, 0.2) is 0 Å². The van der Waals surface area contributed by atoms with Gasteiger partial charge in [-0.2, -0.15) is 18.4 Å². The normalized spacial score (nSPS) is 16.9. The summed E-state index contributed by atoms with van der Waals surface area (Å²) in [4.78, 5) is 31.1. The number of carbonyl (C=O) groups is 1. The summed E-state index contributed by atoms with van der Waals surface area (Å²) < 4.78 is 60.2. The van der Waals surface area contributed by atoms with Crippen molar-refractivity contribution in [2.24, 2.45) is 0 Å². The van der Waals surface area contributed by atoms with Gasteiger partial charge in [-0.25, -0.2) is 4.39 Å². The Morgan fingerprint density at radius 1 is 1.23 bits per heavy atom. The van der Waals surface area contributed by atoms with Crippen LogP contribution in [0.4, 0.5) is 23.2 Å². The standard InChI is InChI=1S/C27H27F4N5O3/c1-14-4-6-36(7-5-33-14)24-19-11-22(39-3)20(27(29,30)31)12-21(19)35-26(38)23(24)25(37)34-15(2)17-8-16(13-32)9-18(28)10-17/h8-12,14-15,33H,4-7H2,1-3H3,(H,34,37)(H,35,38)/t14-,15-/m0/s1. The summed E-state index contributed by atoms with van der Waals surface area (Å²) in [6.07, 6.45) is -4.08. The highest BCUT2D eigenvalue weighted by atomic mass is 19.4. The number of aromatic nitrogens is 1. The van der Waals surface area contributed by atoms with Crippen LogP contribution in [0, 0.1) is 17.1 Å². The number of alkyl halides is 3. The van der Waals surface area contributed by atoms with Crippen molar-refractivity contribution in [1.82, 2.24) is 15.6 Å². The largest absolute Gasteiger partial charge is 0.496 e. The first-order chi connectivity index (χ1) is 18.4. The maximum atomic E-state index is 14.0. The Morgan fingerprint density at radius 2 is 1.97 bits per heavy atom. The van der Waals surface area contributed by atoms with E-state index in [1.54, 1.807) is 11.8 Å². The maximum Gasteiger partial charge on any atom is 0.420 e. The molecule has 2 heterocycles. The van der Waals surface area contributed by atoms with Gasteiger partial charge in [-0.1, -0.05) is 0 Å². The molecule has 3 aromatic rings. The van der Waals surface area contributed by atoms with Crippen molar-refractivity contribution in [3.8, 4) is 11.8 Å². The SMILES string of the molecule is COc1cc2c(N3CCN[C@@H](C)CC3)c(C(=O)N[C@@H](C)c3cc(F)cc(C#N)c3)c(=O)[nH]c2cc1C(F)(F)F. The molecule has 0 unspecified atom stereocenters. The van der Waals surface area contributed by atoms with Crippen LogP contribution in [-0.4, -0.2) is 43.7 Å². The molecule has 8 nitrogen and oxygen atoms in total. The molecule has 2 aromatic carbocycles. The fourth-order valence-electron chi connectivity index (χ4n) is 4.75. The minimum absolute atomic E-state index is 0.0640. The number of aromatic amines is 1. The first-order valence-electron chi connectivity index (χ1n) is 12.3. The number of rotatable bonds is 5. The van der Waals surface area contributed by atoms with Crippen molar-refractivity contribution in [3.05, 3.63) is 68.8 Å².